The van der Waals surface area contributed by atoms with E-state index in [1.165, 1.54) is 123 Å². The molecule has 0 unspecified atom stereocenters. The van der Waals surface area contributed by atoms with Crippen molar-refractivity contribution in [2.24, 2.45) is 0 Å². The molecule has 0 spiro atoms. The number of hydrogen-bond acceptors (Lipinski definition) is 32. The van der Waals surface area contributed by atoms with Gasteiger partial charge in [0.15, 0.2) is 0 Å². The van der Waals surface area contributed by atoms with Crippen LogP contribution >= 0.6 is 0 Å². The molecule has 0 amide bonds. The smallest absolute Gasteiger partial charge is 0.335 e. The predicted molar refractivity (Wildman–Crippen MR) is 544 cm³/mol. The Morgan fingerprint density at radius 3 is 0.833 bits per heavy atom. The van der Waals surface area contributed by atoms with Gasteiger partial charge in [-0.15, -0.1) is 0 Å². The molecule has 0 saturated carbocycles. The van der Waals surface area contributed by atoms with Crippen LogP contribution in [0.3, 0.4) is 0 Å². The number of carbonyl (C=O) groups is 4. The monoisotopic (exact) mass is 1950 g/mol. The maximum Gasteiger partial charge on any atom is 0.335 e. The Hall–Kier alpha value is -13.9. The number of rotatable bonds is 66. The molecule has 0 saturated heterocycles. The number of aldehydes is 2. The number of ether oxygens (including phenoxy) is 26. The summed E-state index contributed by atoms with van der Waals surface area (Å²) in [4.78, 5) is 40.5. The first-order valence-electron chi connectivity index (χ1n) is 42.8. The van der Waals surface area contributed by atoms with Crippen LogP contribution in [0.1, 0.15) is 43.1 Å². The van der Waals surface area contributed by atoms with Gasteiger partial charge >= 0.3 is 11.9 Å². The summed E-state index contributed by atoms with van der Waals surface area (Å²) >= 11 is 0. The highest BCUT2D eigenvalue weighted by Gasteiger charge is 2.04. The van der Waals surface area contributed by atoms with E-state index in [0.29, 0.717) is 183 Å². The van der Waals surface area contributed by atoms with Crippen LogP contribution in [-0.2, 0) is 119 Å². The molecule has 5 rings (SSSR count). The van der Waals surface area contributed by atoms with Gasteiger partial charge in [0.25, 0.3) is 0 Å². The average Bonchev–Trinajstić information content (AvgIpc) is 0.864. The molecule has 0 aromatic heterocycles. The van der Waals surface area contributed by atoms with E-state index in [1.807, 2.05) is 106 Å². The zero-order valence-electron chi connectivity index (χ0n) is 82.8. The van der Waals surface area contributed by atoms with Gasteiger partial charge in [-0.25, -0.2) is 9.59 Å². The standard InChI is InChI=1S/C16H16O2.C11H12O4.C11H14O2.C10H12O2.C8H12O3.C6H10O3.2C6H12O2.3C5H10O2.C5H8O2.2C4H8O2.C3H6O/c1-2-17-12-13-18-16-10-8-15(9-11-16)14-6-4-3-5-7-14;1-2-14-7-8-15-10-5-3-9(4-6-10)11(12)13;1-3-12-8-9-13-11-6-4-10(2)5-7-11;1-2-11-8-9-12-10-6-4-3-5-7-10;1-4-10-5-6-11-8(9)7(2)3;1-2-8-5-6-9-4-3-7;2*1-3-7-5-6-8-4-2;3*1-3-7-5-4-6-2;1-2-7-5-3-4-6;2*1-2-6-4-3-5;1-3-4-2/h2-11H,1,12-13H2;2-6H,1,7-8H2,(H,12,13);3-7H,1,8-9H2,2H3;2-7H,1,8-9H2;4H,1-2,5-6H2,3H3;2-3H,1,4-6H2;2*3H,1,4-6H2,2H3;3*3H,1,4-5H2,2H3;2,4H,1,3,5H2;2*2,5H,1,3-4H2;3H,1H2,2H3. The molecule has 33 heteroatoms. The van der Waals surface area contributed by atoms with Crippen LogP contribution in [0, 0.1) is 6.92 Å². The van der Waals surface area contributed by atoms with E-state index in [0.717, 1.165) is 36.7 Å². The third kappa shape index (κ3) is 140. The van der Waals surface area contributed by atoms with Crippen LogP contribution < -0.4 is 18.9 Å². The molecule has 5 aromatic rings. The minimum absolute atomic E-state index is 0.0615. The van der Waals surface area contributed by atoms with Crippen molar-refractivity contribution in [3.05, 3.63) is 349 Å². The summed E-state index contributed by atoms with van der Waals surface area (Å²) in [5.41, 5.74) is 4.26. The van der Waals surface area contributed by atoms with Gasteiger partial charge in [0, 0.05) is 46.5 Å². The molecule has 778 valence electrons. The molecule has 0 heterocycles. The first-order valence-corrected chi connectivity index (χ1v) is 42.8. The van der Waals surface area contributed by atoms with Crippen molar-refractivity contribution in [2.45, 2.75) is 34.1 Å². The molecule has 0 atom stereocenters. The molecule has 0 fully saturated rings. The van der Waals surface area contributed by atoms with Gasteiger partial charge < -0.3 is 148 Å². The minimum atomic E-state index is -0.948. The Kier molecular flexibility index (Phi) is 145. The molecule has 0 radical (unpaired) electrons. The first kappa shape index (κ1) is 144. The van der Waals surface area contributed by atoms with Gasteiger partial charge in [-0.2, -0.15) is 0 Å². The quantitative estimate of drug-likeness (QED) is 0.0107. The minimum Gasteiger partial charge on any atom is -0.505 e. The molecule has 5 aromatic carbocycles. The SMILES string of the molecule is C=COC.C=COCCC=O.C=COCCO.C=COCCO.C=COCCOC.C=COCCOC.C=COCCOC.C=COCCOC(=O)C(=C)C.C=COCCOCC.C=COCCOCC.C=COCCOCC=O.C=COCCOc1ccc(-c2ccccc2)cc1.C=COCCOc1ccc(C(=O)O)cc1.C=COCCOc1ccc(C)cc1.C=COCCOc1ccccc1. The Morgan fingerprint density at radius 2 is 0.565 bits per heavy atom. The number of carboxylic acid groups (broad SMARTS) is 1. The van der Waals surface area contributed by atoms with E-state index >= 15 is 0 Å². The molecular formula is C105H160O33. The van der Waals surface area contributed by atoms with Crippen LogP contribution in [0.4, 0.5) is 0 Å². The maximum atomic E-state index is 10.7. The van der Waals surface area contributed by atoms with Gasteiger partial charge in [-0.05, 0) is 99.5 Å². The first-order chi connectivity index (χ1) is 67.2. The maximum absolute atomic E-state index is 10.7. The van der Waals surface area contributed by atoms with Gasteiger partial charge in [0.2, 0.25) is 0 Å². The Morgan fingerprint density at radius 1 is 0.304 bits per heavy atom. The summed E-state index contributed by atoms with van der Waals surface area (Å²) in [5.74, 6) is 1.87. The van der Waals surface area contributed by atoms with Crippen molar-refractivity contribution in [3.63, 3.8) is 0 Å². The zero-order valence-corrected chi connectivity index (χ0v) is 82.8. The molecule has 0 aliphatic carbocycles. The number of benzene rings is 5. The second kappa shape index (κ2) is 139. The van der Waals surface area contributed by atoms with Gasteiger partial charge in [-0.1, -0.05) is 184 Å². The van der Waals surface area contributed by atoms with Crippen molar-refractivity contribution < 1.29 is 158 Å². The van der Waals surface area contributed by atoms with E-state index in [2.05, 4.69) is 163 Å². The fourth-order valence-electron chi connectivity index (χ4n) is 6.88. The van der Waals surface area contributed by atoms with Crippen LogP contribution in [0.5, 0.6) is 23.0 Å². The summed E-state index contributed by atoms with van der Waals surface area (Å²) in [6.45, 7) is 75.9. The van der Waals surface area contributed by atoms with E-state index in [4.69, 9.17) is 105 Å². The lowest BCUT2D eigenvalue weighted by Crippen LogP contribution is -2.09. The lowest BCUT2D eigenvalue weighted by molar-refractivity contribution is -0.140. The number of carboxylic acids is 1. The van der Waals surface area contributed by atoms with Gasteiger partial charge in [-0.3, -0.25) is 0 Å². The molecular weight excluding hydrogens is 1790 g/mol. The van der Waals surface area contributed by atoms with Gasteiger partial charge in [0.05, 0.1) is 166 Å². The molecule has 3 N–H and O–H groups in total. The number of aromatic carboxylic acids is 1. The highest BCUT2D eigenvalue weighted by Crippen LogP contribution is 2.22. The number of methoxy groups -OCH3 is 4. The summed E-state index contributed by atoms with van der Waals surface area (Å²) in [5, 5.41) is 24.7. The second-order valence-electron chi connectivity index (χ2n) is 23.1. The highest BCUT2D eigenvalue weighted by molar-refractivity contribution is 5.87. The lowest BCUT2D eigenvalue weighted by Gasteiger charge is -2.07. The number of hydrogen-bond donors (Lipinski definition) is 3. The Balaban J connectivity index is -0.000000161. The third-order valence-corrected chi connectivity index (χ3v) is 12.9. The Bertz CT molecular complexity index is 3410. The number of aliphatic hydroxyl groups is 2. The summed E-state index contributed by atoms with van der Waals surface area (Å²) in [7, 11) is 6.46. The number of aryl methyl sites for hydroxylation is 1. The zero-order chi connectivity index (χ0) is 105. The van der Waals surface area contributed by atoms with Crippen molar-refractivity contribution >= 4 is 24.5 Å². The van der Waals surface area contributed by atoms with Crippen molar-refractivity contribution in [1.29, 1.82) is 0 Å². The summed E-state index contributed by atoms with van der Waals surface area (Å²) in [6, 6.07) is 42.1. The molecule has 33 nitrogen and oxygen atoms in total. The van der Waals surface area contributed by atoms with Crippen LogP contribution in [0.25, 0.3) is 11.1 Å². The van der Waals surface area contributed by atoms with Crippen LogP contribution in [0.2, 0.25) is 0 Å². The summed E-state index contributed by atoms with van der Waals surface area (Å²) in [6.07, 6.45) is 22.5. The number of esters is 1. The number of carbonyl (C=O) groups excluding carboxylic acids is 3. The molecule has 138 heavy (non-hydrogen) atoms. The molecule has 0 aliphatic heterocycles. The fraction of sp³-hybridized carbons (Fsp3) is 0.371. The van der Waals surface area contributed by atoms with Crippen molar-refractivity contribution in [3.8, 4) is 34.1 Å². The molecule has 0 aliphatic rings. The number of aliphatic hydroxyl groups excluding tert-OH is 2. The third-order valence-electron chi connectivity index (χ3n) is 12.9. The van der Waals surface area contributed by atoms with E-state index in [9.17, 15) is 19.2 Å². The highest BCUT2D eigenvalue weighted by atomic mass is 16.6. The predicted octanol–water partition coefficient (Wildman–Crippen LogP) is 18.7. The van der Waals surface area contributed by atoms with Crippen molar-refractivity contribution in [1.82, 2.24) is 0 Å². The molecule has 0 bridgehead atoms. The van der Waals surface area contributed by atoms with E-state index < -0.39 is 11.9 Å². The van der Waals surface area contributed by atoms with Crippen LogP contribution in [0.15, 0.2) is 338 Å². The Labute approximate surface area is 822 Å². The fourth-order valence-corrected chi connectivity index (χ4v) is 6.88. The lowest BCUT2D eigenvalue weighted by atomic mass is 10.1. The average molecular weight is 1950 g/mol. The van der Waals surface area contributed by atoms with Crippen LogP contribution in [-0.4, -0.2) is 266 Å². The number of para-hydroxylation sites is 1. The summed E-state index contributed by atoms with van der Waals surface area (Å²) < 4.78 is 126. The topological polar surface area (TPSA) is 369 Å². The van der Waals surface area contributed by atoms with Gasteiger partial charge in [0.1, 0.15) is 161 Å². The largest absolute Gasteiger partial charge is 0.505 e. The second-order valence-corrected chi connectivity index (χ2v) is 23.1. The van der Waals surface area contributed by atoms with E-state index in [-0.39, 0.29) is 32.0 Å². The van der Waals surface area contributed by atoms with Crippen molar-refractivity contribution in [2.75, 3.05) is 227 Å². The van der Waals surface area contributed by atoms with E-state index in [1.54, 1.807) is 47.5 Å². The normalized spacial score (nSPS) is 8.59.